The number of hydrogen-bond donors (Lipinski definition) is 0. The average Bonchev–Trinajstić information content (AvgIpc) is 2.49. The van der Waals surface area contributed by atoms with Crippen LogP contribution in [0.3, 0.4) is 0 Å². The molecule has 0 N–H and O–H groups in total. The standard InChI is InChI=1S/C15H16BrN/c1-5-11-12-8-7-10(16)9-13(12)15(3,4)14(11)17-6-2/h5-9H,1H2,2-4H3. The zero-order valence-corrected chi connectivity index (χ0v) is 12.0. The van der Waals surface area contributed by atoms with Crippen molar-refractivity contribution in [2.24, 2.45) is 4.99 Å². The SMILES string of the molecule is C=CC1=C(N=CC)C(C)(C)c2cc(Br)ccc21. The molecule has 17 heavy (non-hydrogen) atoms. The molecule has 0 amide bonds. The van der Waals surface area contributed by atoms with Gasteiger partial charge in [-0.15, -0.1) is 0 Å². The fraction of sp³-hybridized carbons (Fsp3) is 0.267. The van der Waals surface area contributed by atoms with Gasteiger partial charge >= 0.3 is 0 Å². The molecule has 0 spiro atoms. The molecule has 2 rings (SSSR count). The van der Waals surface area contributed by atoms with Crippen molar-refractivity contribution < 1.29 is 0 Å². The molecule has 0 heterocycles. The number of aliphatic imine (C=N–C) groups is 1. The molecule has 0 bridgehead atoms. The van der Waals surface area contributed by atoms with Crippen LogP contribution in [0.4, 0.5) is 0 Å². The van der Waals surface area contributed by atoms with Crippen LogP contribution in [0.1, 0.15) is 31.9 Å². The number of benzene rings is 1. The van der Waals surface area contributed by atoms with Crippen molar-refractivity contribution >= 4 is 27.7 Å². The van der Waals surface area contributed by atoms with Gasteiger partial charge in [-0.3, -0.25) is 4.99 Å². The summed E-state index contributed by atoms with van der Waals surface area (Å²) < 4.78 is 1.11. The van der Waals surface area contributed by atoms with Crippen LogP contribution in [0.5, 0.6) is 0 Å². The van der Waals surface area contributed by atoms with Crippen molar-refractivity contribution in [2.75, 3.05) is 0 Å². The summed E-state index contributed by atoms with van der Waals surface area (Å²) in [4.78, 5) is 4.54. The first kappa shape index (κ1) is 12.3. The molecule has 88 valence electrons. The van der Waals surface area contributed by atoms with Crippen molar-refractivity contribution in [3.8, 4) is 0 Å². The highest BCUT2D eigenvalue weighted by Crippen LogP contribution is 2.47. The molecule has 0 saturated carbocycles. The fourth-order valence-corrected chi connectivity index (χ4v) is 2.79. The maximum atomic E-state index is 4.54. The highest BCUT2D eigenvalue weighted by atomic mass is 79.9. The number of nitrogens with zero attached hydrogens (tertiary/aromatic N) is 1. The van der Waals surface area contributed by atoms with Crippen LogP contribution < -0.4 is 0 Å². The molecule has 0 aromatic heterocycles. The lowest BCUT2D eigenvalue weighted by atomic mass is 9.85. The summed E-state index contributed by atoms with van der Waals surface area (Å²) >= 11 is 3.53. The van der Waals surface area contributed by atoms with E-state index in [0.29, 0.717) is 0 Å². The predicted molar refractivity (Wildman–Crippen MR) is 78.5 cm³/mol. The first-order valence-corrected chi connectivity index (χ1v) is 6.48. The second-order valence-electron chi connectivity index (χ2n) is 4.67. The van der Waals surface area contributed by atoms with Gasteiger partial charge in [-0.2, -0.15) is 0 Å². The second kappa shape index (κ2) is 4.26. The molecule has 0 saturated heterocycles. The summed E-state index contributed by atoms with van der Waals surface area (Å²) in [6.45, 7) is 10.3. The molecule has 0 unspecified atom stereocenters. The lowest BCUT2D eigenvalue weighted by Crippen LogP contribution is -2.16. The van der Waals surface area contributed by atoms with Gasteiger partial charge in [-0.05, 0) is 30.2 Å². The predicted octanol–water partition coefficient (Wildman–Crippen LogP) is 4.73. The van der Waals surface area contributed by atoms with Gasteiger partial charge in [0, 0.05) is 21.7 Å². The van der Waals surface area contributed by atoms with E-state index in [1.165, 1.54) is 11.1 Å². The van der Waals surface area contributed by atoms with Crippen LogP contribution in [0.2, 0.25) is 0 Å². The maximum absolute atomic E-state index is 4.54. The highest BCUT2D eigenvalue weighted by Gasteiger charge is 2.36. The minimum atomic E-state index is -0.0604. The summed E-state index contributed by atoms with van der Waals surface area (Å²) in [6.07, 6.45) is 3.76. The average molecular weight is 290 g/mol. The van der Waals surface area contributed by atoms with E-state index in [0.717, 1.165) is 15.7 Å². The van der Waals surface area contributed by atoms with Gasteiger partial charge in [-0.25, -0.2) is 0 Å². The van der Waals surface area contributed by atoms with Crippen LogP contribution in [0.25, 0.3) is 5.57 Å². The molecule has 1 aliphatic carbocycles. The second-order valence-corrected chi connectivity index (χ2v) is 5.58. The first-order chi connectivity index (χ1) is 8.02. The summed E-state index contributed by atoms with van der Waals surface area (Å²) in [5.41, 5.74) is 4.74. The number of allylic oxidation sites excluding steroid dienone is 3. The molecule has 0 atom stereocenters. The lowest BCUT2D eigenvalue weighted by molar-refractivity contribution is 0.632. The molecular formula is C15H16BrN. The molecule has 0 radical (unpaired) electrons. The minimum Gasteiger partial charge on any atom is -0.264 e. The smallest absolute Gasteiger partial charge is 0.0577 e. The summed E-state index contributed by atoms with van der Waals surface area (Å²) in [6, 6.07) is 6.38. The Kier molecular flexibility index (Phi) is 3.09. The molecule has 0 aliphatic heterocycles. The van der Waals surface area contributed by atoms with E-state index in [2.05, 4.69) is 59.5 Å². The largest absolute Gasteiger partial charge is 0.264 e. The Balaban J connectivity index is 2.75. The normalized spacial score (nSPS) is 17.6. The zero-order valence-electron chi connectivity index (χ0n) is 10.4. The Morgan fingerprint density at radius 1 is 1.35 bits per heavy atom. The molecule has 2 heteroatoms. The fourth-order valence-electron chi connectivity index (χ4n) is 2.43. The van der Waals surface area contributed by atoms with Crippen molar-refractivity contribution in [1.29, 1.82) is 0 Å². The van der Waals surface area contributed by atoms with Crippen LogP contribution in [-0.4, -0.2) is 6.21 Å². The van der Waals surface area contributed by atoms with E-state index in [9.17, 15) is 0 Å². The van der Waals surface area contributed by atoms with Crippen LogP contribution >= 0.6 is 15.9 Å². The molecular weight excluding hydrogens is 274 g/mol. The summed E-state index contributed by atoms with van der Waals surface area (Å²) in [5, 5.41) is 0. The Bertz CT molecular complexity index is 536. The number of rotatable bonds is 2. The van der Waals surface area contributed by atoms with Gasteiger partial charge in [0.1, 0.15) is 0 Å². The van der Waals surface area contributed by atoms with Crippen molar-refractivity contribution in [1.82, 2.24) is 0 Å². The van der Waals surface area contributed by atoms with E-state index in [-0.39, 0.29) is 5.41 Å². The van der Waals surface area contributed by atoms with Gasteiger partial charge in [-0.1, -0.05) is 48.5 Å². The third-order valence-electron chi connectivity index (χ3n) is 3.25. The van der Waals surface area contributed by atoms with Crippen molar-refractivity contribution in [3.63, 3.8) is 0 Å². The molecule has 1 nitrogen and oxygen atoms in total. The van der Waals surface area contributed by atoms with Gasteiger partial charge in [0.05, 0.1) is 5.70 Å². The van der Waals surface area contributed by atoms with Crippen LogP contribution in [0.15, 0.2) is 46.0 Å². The molecule has 1 aromatic carbocycles. The topological polar surface area (TPSA) is 12.4 Å². The van der Waals surface area contributed by atoms with Gasteiger partial charge in [0.25, 0.3) is 0 Å². The molecule has 1 aliphatic rings. The van der Waals surface area contributed by atoms with Crippen LogP contribution in [0, 0.1) is 0 Å². The Labute approximate surface area is 111 Å². The van der Waals surface area contributed by atoms with E-state index >= 15 is 0 Å². The molecule has 1 aromatic rings. The monoisotopic (exact) mass is 289 g/mol. The highest BCUT2D eigenvalue weighted by molar-refractivity contribution is 9.10. The van der Waals surface area contributed by atoms with Crippen molar-refractivity contribution in [3.05, 3.63) is 52.2 Å². The van der Waals surface area contributed by atoms with Crippen molar-refractivity contribution in [2.45, 2.75) is 26.2 Å². The Morgan fingerprint density at radius 2 is 2.06 bits per heavy atom. The van der Waals surface area contributed by atoms with Gasteiger partial charge in [0.2, 0.25) is 0 Å². The first-order valence-electron chi connectivity index (χ1n) is 5.68. The Morgan fingerprint density at radius 3 is 2.65 bits per heavy atom. The number of fused-ring (bicyclic) bond motifs is 1. The zero-order chi connectivity index (χ0) is 12.6. The number of halogens is 1. The quantitative estimate of drug-likeness (QED) is 0.698. The van der Waals surface area contributed by atoms with E-state index in [1.807, 2.05) is 19.2 Å². The van der Waals surface area contributed by atoms with E-state index in [1.54, 1.807) is 0 Å². The Hall–Kier alpha value is -1.15. The van der Waals surface area contributed by atoms with Gasteiger partial charge in [0.15, 0.2) is 0 Å². The summed E-state index contributed by atoms with van der Waals surface area (Å²) in [7, 11) is 0. The van der Waals surface area contributed by atoms with E-state index < -0.39 is 0 Å². The summed E-state index contributed by atoms with van der Waals surface area (Å²) in [5.74, 6) is 0. The van der Waals surface area contributed by atoms with Crippen LogP contribution in [-0.2, 0) is 5.41 Å². The van der Waals surface area contributed by atoms with E-state index in [4.69, 9.17) is 0 Å². The minimum absolute atomic E-state index is 0.0604. The lowest BCUT2D eigenvalue weighted by Gasteiger charge is -2.21. The molecule has 0 fully saturated rings. The third-order valence-corrected chi connectivity index (χ3v) is 3.75. The number of hydrogen-bond acceptors (Lipinski definition) is 1. The van der Waals surface area contributed by atoms with Gasteiger partial charge < -0.3 is 0 Å². The maximum Gasteiger partial charge on any atom is 0.0577 e. The third kappa shape index (κ3) is 1.81.